The van der Waals surface area contributed by atoms with Crippen molar-refractivity contribution in [3.63, 3.8) is 0 Å². The van der Waals surface area contributed by atoms with Crippen LogP contribution in [0.5, 0.6) is 0 Å². The van der Waals surface area contributed by atoms with Gasteiger partial charge in [0.05, 0.1) is 16.6 Å². The van der Waals surface area contributed by atoms with Crippen LogP contribution in [0.2, 0.25) is 0 Å². The van der Waals surface area contributed by atoms with Gasteiger partial charge in [0.25, 0.3) is 0 Å². The molecule has 4 heteroatoms. The number of para-hydroxylation sites is 1. The maximum atomic E-state index is 14.9. The van der Waals surface area contributed by atoms with Crippen molar-refractivity contribution in [2.75, 3.05) is 0 Å². The minimum Gasteiger partial charge on any atom is -0.455 e. The number of hydrogen-bond donors (Lipinski definition) is 0. The van der Waals surface area contributed by atoms with E-state index in [0.717, 1.165) is 81.9 Å². The molecule has 0 aliphatic carbocycles. The third-order valence-electron chi connectivity index (χ3n) is 9.11. The average molecular weight is 622 g/mol. The monoisotopic (exact) mass is 621 g/mol. The van der Waals surface area contributed by atoms with Gasteiger partial charge in [0, 0.05) is 32.2 Å². The summed E-state index contributed by atoms with van der Waals surface area (Å²) in [6, 6.07) is 57.2. The van der Waals surface area contributed by atoms with Crippen molar-refractivity contribution >= 4 is 66.7 Å². The summed E-state index contributed by atoms with van der Waals surface area (Å²) in [5, 5.41) is 7.84. The third kappa shape index (κ3) is 4.51. The molecule has 0 aliphatic rings. The Hall–Kier alpha value is -5.76. The second-order valence-corrected chi connectivity index (χ2v) is 14.7. The molecule has 0 saturated heterocycles. The minimum absolute atomic E-state index is 0.810. The van der Waals surface area contributed by atoms with E-state index in [4.69, 9.17) is 9.40 Å². The van der Waals surface area contributed by atoms with Crippen LogP contribution in [0.25, 0.3) is 66.0 Å². The van der Waals surface area contributed by atoms with Crippen LogP contribution in [0.15, 0.2) is 174 Å². The summed E-state index contributed by atoms with van der Waals surface area (Å²) in [5.74, 6) is 0. The van der Waals surface area contributed by atoms with E-state index in [0.29, 0.717) is 0 Å². The highest BCUT2D eigenvalue weighted by Crippen LogP contribution is 2.43. The zero-order valence-electron chi connectivity index (χ0n) is 25.4. The molecule has 0 atom stereocenters. The molecule has 222 valence electrons. The summed E-state index contributed by atoms with van der Waals surface area (Å²) < 4.78 is 21.4. The molecule has 2 heterocycles. The topological polar surface area (TPSA) is 43.1 Å². The van der Waals surface area contributed by atoms with Crippen molar-refractivity contribution in [2.45, 2.75) is 0 Å². The summed E-state index contributed by atoms with van der Waals surface area (Å²) in [6.07, 6.45) is 0. The van der Waals surface area contributed by atoms with Gasteiger partial charge in [-0.1, -0.05) is 146 Å². The molecule has 0 fully saturated rings. The van der Waals surface area contributed by atoms with Crippen molar-refractivity contribution in [2.24, 2.45) is 0 Å². The zero-order chi connectivity index (χ0) is 31.4. The first-order valence-electron chi connectivity index (χ1n) is 15.7. The summed E-state index contributed by atoms with van der Waals surface area (Å²) in [5.41, 5.74) is 6.61. The summed E-state index contributed by atoms with van der Waals surface area (Å²) in [4.78, 5) is 5.30. The SMILES string of the molecule is O=P(c1ccccc1)(c1ccccc1)c1ccc(-c2cccc(-c3nc4cc5ccccc5cc4c4oc5ccccc5c34)c2)cc1. The number of nitrogens with zero attached hydrogens (tertiary/aromatic N) is 1. The maximum Gasteiger partial charge on any atom is 0.171 e. The van der Waals surface area contributed by atoms with E-state index < -0.39 is 7.14 Å². The second-order valence-electron chi connectivity index (χ2n) is 11.9. The van der Waals surface area contributed by atoms with Gasteiger partial charge in [-0.05, 0) is 46.2 Å². The molecule has 0 N–H and O–H groups in total. The number of benzene rings is 7. The molecule has 0 radical (unpaired) electrons. The van der Waals surface area contributed by atoms with Crippen LogP contribution in [0, 0.1) is 0 Å². The lowest BCUT2D eigenvalue weighted by Crippen LogP contribution is -2.24. The van der Waals surface area contributed by atoms with E-state index in [-0.39, 0.29) is 0 Å². The summed E-state index contributed by atoms with van der Waals surface area (Å²) in [7, 11) is -3.05. The van der Waals surface area contributed by atoms with Gasteiger partial charge in [-0.2, -0.15) is 0 Å². The Balaban J connectivity index is 1.19. The standard InChI is InChI=1S/C43H28NO2P/c45-47(34-16-3-1-4-17-34,35-18-5-2-6-19-35)36-24-22-29(23-25-36)30-14-11-15-33(26-30)42-41-37-20-9-10-21-40(37)46-43(41)38-27-31-12-7-8-13-32(31)28-39(38)44-42/h1-28H. The van der Waals surface area contributed by atoms with Gasteiger partial charge in [-0.15, -0.1) is 0 Å². The predicted octanol–water partition coefficient (Wildman–Crippen LogP) is 10.3. The van der Waals surface area contributed by atoms with Crippen LogP contribution in [0.3, 0.4) is 0 Å². The molecule has 2 aromatic heterocycles. The molecule has 0 bridgehead atoms. The van der Waals surface area contributed by atoms with E-state index in [1.54, 1.807) is 0 Å². The molecule has 9 rings (SSSR count). The van der Waals surface area contributed by atoms with Crippen molar-refractivity contribution < 1.29 is 8.98 Å². The smallest absolute Gasteiger partial charge is 0.171 e. The zero-order valence-corrected chi connectivity index (χ0v) is 26.3. The molecule has 7 aromatic carbocycles. The minimum atomic E-state index is -3.05. The lowest BCUT2D eigenvalue weighted by molar-refractivity contribution is 0.592. The van der Waals surface area contributed by atoms with E-state index in [1.807, 2.05) is 91.0 Å². The van der Waals surface area contributed by atoms with E-state index in [2.05, 4.69) is 78.9 Å². The van der Waals surface area contributed by atoms with E-state index >= 15 is 0 Å². The molecule has 0 amide bonds. The quantitative estimate of drug-likeness (QED) is 0.142. The van der Waals surface area contributed by atoms with Crippen LogP contribution in [-0.4, -0.2) is 4.98 Å². The average Bonchev–Trinajstić information content (AvgIpc) is 3.54. The summed E-state index contributed by atoms with van der Waals surface area (Å²) in [6.45, 7) is 0. The largest absolute Gasteiger partial charge is 0.455 e. The fourth-order valence-corrected chi connectivity index (χ4v) is 9.44. The second kappa shape index (κ2) is 10.9. The highest BCUT2D eigenvalue weighted by Gasteiger charge is 2.29. The fraction of sp³-hybridized carbons (Fsp3) is 0. The Morgan fingerprint density at radius 2 is 1.06 bits per heavy atom. The Bertz CT molecular complexity index is 2600. The molecule has 0 spiro atoms. The fourth-order valence-electron chi connectivity index (χ4n) is 6.79. The number of aromatic nitrogens is 1. The van der Waals surface area contributed by atoms with Crippen LogP contribution < -0.4 is 15.9 Å². The van der Waals surface area contributed by atoms with Crippen LogP contribution >= 0.6 is 7.14 Å². The Morgan fingerprint density at radius 3 is 1.79 bits per heavy atom. The summed E-state index contributed by atoms with van der Waals surface area (Å²) >= 11 is 0. The normalized spacial score (nSPS) is 11.9. The molecule has 9 aromatic rings. The first kappa shape index (κ1) is 27.5. The van der Waals surface area contributed by atoms with Crippen LogP contribution in [0.4, 0.5) is 0 Å². The lowest BCUT2D eigenvalue weighted by atomic mass is 9.97. The van der Waals surface area contributed by atoms with Gasteiger partial charge in [0.15, 0.2) is 7.14 Å². The van der Waals surface area contributed by atoms with Gasteiger partial charge in [0.1, 0.15) is 11.2 Å². The number of fused-ring (bicyclic) bond motifs is 6. The highest BCUT2D eigenvalue weighted by molar-refractivity contribution is 7.85. The van der Waals surface area contributed by atoms with Gasteiger partial charge in [-0.25, -0.2) is 4.98 Å². The number of pyridine rings is 1. The first-order chi connectivity index (χ1) is 23.2. The van der Waals surface area contributed by atoms with Gasteiger partial charge < -0.3 is 8.98 Å². The highest BCUT2D eigenvalue weighted by atomic mass is 31.2. The Kier molecular flexibility index (Phi) is 6.41. The van der Waals surface area contributed by atoms with Crippen molar-refractivity contribution in [1.82, 2.24) is 4.98 Å². The van der Waals surface area contributed by atoms with E-state index in [9.17, 15) is 4.57 Å². The predicted molar refractivity (Wildman–Crippen MR) is 197 cm³/mol. The van der Waals surface area contributed by atoms with Gasteiger partial charge >= 0.3 is 0 Å². The Labute approximate surface area is 272 Å². The molecule has 47 heavy (non-hydrogen) atoms. The first-order valence-corrected chi connectivity index (χ1v) is 17.4. The number of rotatable bonds is 5. The van der Waals surface area contributed by atoms with Gasteiger partial charge in [-0.3, -0.25) is 0 Å². The molecule has 0 unspecified atom stereocenters. The van der Waals surface area contributed by atoms with Crippen LogP contribution in [0.1, 0.15) is 0 Å². The molecule has 0 saturated carbocycles. The van der Waals surface area contributed by atoms with Gasteiger partial charge in [0.2, 0.25) is 0 Å². The molecular weight excluding hydrogens is 593 g/mol. The van der Waals surface area contributed by atoms with E-state index in [1.165, 1.54) is 0 Å². The third-order valence-corrected chi connectivity index (χ3v) is 12.2. The number of furan rings is 1. The van der Waals surface area contributed by atoms with Crippen molar-refractivity contribution in [3.8, 4) is 22.4 Å². The Morgan fingerprint density at radius 1 is 0.468 bits per heavy atom. The van der Waals surface area contributed by atoms with Crippen molar-refractivity contribution in [1.29, 1.82) is 0 Å². The van der Waals surface area contributed by atoms with Crippen LogP contribution in [-0.2, 0) is 4.57 Å². The number of hydrogen-bond acceptors (Lipinski definition) is 3. The van der Waals surface area contributed by atoms with Crippen molar-refractivity contribution in [3.05, 3.63) is 170 Å². The molecule has 3 nitrogen and oxygen atoms in total. The lowest BCUT2D eigenvalue weighted by Gasteiger charge is -2.20. The molecule has 0 aliphatic heterocycles. The molecular formula is C43H28NO2P. The maximum absolute atomic E-state index is 14.9.